The summed E-state index contributed by atoms with van der Waals surface area (Å²) in [6.07, 6.45) is 2.73. The Morgan fingerprint density at radius 1 is 0.971 bits per heavy atom. The van der Waals surface area contributed by atoms with Crippen molar-refractivity contribution in [2.75, 3.05) is 7.11 Å². The molecule has 0 amide bonds. The zero-order valence-electron chi connectivity index (χ0n) is 23.7. The fourth-order valence-corrected chi connectivity index (χ4v) is 6.22. The van der Waals surface area contributed by atoms with Gasteiger partial charge in [0.25, 0.3) is 0 Å². The first-order chi connectivity index (χ1) is 15.8. The van der Waals surface area contributed by atoms with Crippen molar-refractivity contribution < 1.29 is 28.2 Å². The van der Waals surface area contributed by atoms with E-state index >= 15 is 0 Å². The minimum absolute atomic E-state index is 0.0257. The molecule has 2 rings (SSSR count). The van der Waals surface area contributed by atoms with Gasteiger partial charge in [-0.15, -0.1) is 0 Å². The predicted octanol–water partition coefficient (Wildman–Crippen LogP) is 6.76. The number of aromatic hydroxyl groups is 1. The van der Waals surface area contributed by atoms with Gasteiger partial charge >= 0.3 is 5.97 Å². The molecule has 0 aliphatic carbocycles. The molecule has 0 spiro atoms. The van der Waals surface area contributed by atoms with Gasteiger partial charge in [-0.3, -0.25) is 0 Å². The summed E-state index contributed by atoms with van der Waals surface area (Å²) in [5, 5.41) is 10.3. The second-order valence-electron chi connectivity index (χ2n) is 12.6. The molecule has 0 radical (unpaired) electrons. The average Bonchev–Trinajstić information content (AvgIpc) is 2.98. The number of hydrogen-bond acceptors (Lipinski definition) is 6. The van der Waals surface area contributed by atoms with Gasteiger partial charge < -0.3 is 23.4 Å². The SMILES string of the molecule is COC(=O)c1c(O)cccc1/C=C/[C@@H]1O[C@H](C)[C@@H](O[Si](C)(C)C(C)(C)C)[C@@H]1O[Si](C)(C)C(C)(C)C. The number of hydrogen-bond donors (Lipinski definition) is 1. The van der Waals surface area contributed by atoms with Crippen LogP contribution < -0.4 is 0 Å². The Kier molecular flexibility index (Phi) is 8.93. The Hall–Kier alpha value is -1.46. The molecule has 0 saturated carbocycles. The highest BCUT2D eigenvalue weighted by Crippen LogP contribution is 2.43. The van der Waals surface area contributed by atoms with Gasteiger partial charge in [0.05, 0.1) is 19.3 Å². The Bertz CT molecular complexity index is 927. The molecule has 1 aromatic rings. The first kappa shape index (κ1) is 29.8. The molecule has 35 heavy (non-hydrogen) atoms. The summed E-state index contributed by atoms with van der Waals surface area (Å²) in [7, 11) is -2.94. The second-order valence-corrected chi connectivity index (χ2v) is 22.1. The summed E-state index contributed by atoms with van der Waals surface area (Å²) >= 11 is 0. The van der Waals surface area contributed by atoms with Gasteiger partial charge in [0.1, 0.15) is 23.5 Å². The standard InChI is InChI=1S/C27H46O6Si2/c1-18-23(32-34(9,10)26(2,3)4)24(33-35(11,12)27(5,6)7)21(31-18)17-16-19-14-13-15-20(28)22(19)25(29)30-8/h13-18,21,23-24,28H,1-12H3/b17-16+/t18-,21+,23-,24-/m1/s1. The maximum Gasteiger partial charge on any atom is 0.342 e. The van der Waals surface area contributed by atoms with Crippen LogP contribution >= 0.6 is 0 Å². The topological polar surface area (TPSA) is 74.2 Å². The lowest BCUT2D eigenvalue weighted by molar-refractivity contribution is 0.0405. The van der Waals surface area contributed by atoms with Crippen LogP contribution in [0.3, 0.4) is 0 Å². The minimum Gasteiger partial charge on any atom is -0.507 e. The highest BCUT2D eigenvalue weighted by molar-refractivity contribution is 6.74. The van der Waals surface area contributed by atoms with E-state index in [1.807, 2.05) is 13.0 Å². The highest BCUT2D eigenvalue weighted by atomic mass is 28.4. The van der Waals surface area contributed by atoms with Crippen LogP contribution in [0.2, 0.25) is 36.3 Å². The third kappa shape index (κ3) is 6.65. The van der Waals surface area contributed by atoms with Gasteiger partial charge in [-0.2, -0.15) is 0 Å². The summed E-state index contributed by atoms with van der Waals surface area (Å²) in [5.74, 6) is -0.704. The largest absolute Gasteiger partial charge is 0.507 e. The van der Waals surface area contributed by atoms with Crippen LogP contribution in [0, 0.1) is 0 Å². The van der Waals surface area contributed by atoms with E-state index in [9.17, 15) is 9.90 Å². The molecule has 1 aliphatic heterocycles. The lowest BCUT2D eigenvalue weighted by Crippen LogP contribution is -2.53. The number of esters is 1. The molecule has 4 atom stereocenters. The number of phenols is 1. The molecule has 1 N–H and O–H groups in total. The number of methoxy groups -OCH3 is 1. The molecule has 8 heteroatoms. The van der Waals surface area contributed by atoms with Crippen LogP contribution in [0.4, 0.5) is 0 Å². The van der Waals surface area contributed by atoms with Crippen molar-refractivity contribution in [1.29, 1.82) is 0 Å². The molecular formula is C27H46O6Si2. The molecule has 6 nitrogen and oxygen atoms in total. The summed E-state index contributed by atoms with van der Waals surface area (Å²) in [6.45, 7) is 24.4. The summed E-state index contributed by atoms with van der Waals surface area (Å²) in [4.78, 5) is 12.3. The van der Waals surface area contributed by atoms with E-state index in [1.54, 1.807) is 18.2 Å². The van der Waals surface area contributed by atoms with Crippen molar-refractivity contribution in [1.82, 2.24) is 0 Å². The zero-order chi connectivity index (χ0) is 27.0. The normalized spacial score (nSPS) is 24.2. The van der Waals surface area contributed by atoms with E-state index < -0.39 is 22.6 Å². The van der Waals surface area contributed by atoms with Gasteiger partial charge in [-0.25, -0.2) is 4.79 Å². The molecule has 1 saturated heterocycles. The lowest BCUT2D eigenvalue weighted by Gasteiger charge is -2.43. The maximum absolute atomic E-state index is 12.3. The highest BCUT2D eigenvalue weighted by Gasteiger charge is 2.51. The Morgan fingerprint density at radius 3 is 1.97 bits per heavy atom. The summed E-state index contributed by atoms with van der Waals surface area (Å²) in [5.41, 5.74) is 0.696. The number of rotatable bonds is 7. The van der Waals surface area contributed by atoms with E-state index in [0.717, 1.165) is 0 Å². The third-order valence-corrected chi connectivity index (χ3v) is 16.8. The van der Waals surface area contributed by atoms with Crippen LogP contribution in [0.15, 0.2) is 24.3 Å². The predicted molar refractivity (Wildman–Crippen MR) is 147 cm³/mol. The molecule has 1 heterocycles. The molecular weight excluding hydrogens is 476 g/mol. The van der Waals surface area contributed by atoms with Gasteiger partial charge in [-0.05, 0) is 54.8 Å². The smallest absolute Gasteiger partial charge is 0.342 e. The Morgan fingerprint density at radius 2 is 1.49 bits per heavy atom. The van der Waals surface area contributed by atoms with Crippen molar-refractivity contribution in [3.8, 4) is 5.75 Å². The molecule has 1 aromatic carbocycles. The Balaban J connectivity index is 2.48. The Labute approximate surface area is 214 Å². The monoisotopic (exact) mass is 522 g/mol. The summed E-state index contributed by atoms with van der Waals surface area (Å²) in [6, 6.07) is 4.95. The first-order valence-corrected chi connectivity index (χ1v) is 18.2. The van der Waals surface area contributed by atoms with Crippen molar-refractivity contribution in [2.24, 2.45) is 0 Å². The quantitative estimate of drug-likeness (QED) is 0.315. The van der Waals surface area contributed by atoms with Gasteiger partial charge in [-0.1, -0.05) is 65.8 Å². The molecule has 198 valence electrons. The third-order valence-electron chi connectivity index (χ3n) is 7.89. The molecule has 0 aromatic heterocycles. The second kappa shape index (κ2) is 10.5. The van der Waals surface area contributed by atoms with E-state index in [2.05, 4.69) is 67.7 Å². The van der Waals surface area contributed by atoms with Gasteiger partial charge in [0.2, 0.25) is 0 Å². The number of ether oxygens (including phenoxy) is 2. The van der Waals surface area contributed by atoms with Crippen LogP contribution in [-0.4, -0.2) is 59.2 Å². The van der Waals surface area contributed by atoms with E-state index in [4.69, 9.17) is 18.3 Å². The average molecular weight is 523 g/mol. The molecule has 1 fully saturated rings. The van der Waals surface area contributed by atoms with Crippen LogP contribution in [-0.2, 0) is 18.3 Å². The van der Waals surface area contributed by atoms with E-state index in [-0.39, 0.29) is 45.8 Å². The number of phenolic OH excluding ortho intramolecular Hbond substituents is 1. The zero-order valence-corrected chi connectivity index (χ0v) is 25.7. The molecule has 0 bridgehead atoms. The minimum atomic E-state index is -2.15. The number of benzene rings is 1. The van der Waals surface area contributed by atoms with Crippen LogP contribution in [0.25, 0.3) is 6.08 Å². The van der Waals surface area contributed by atoms with Crippen molar-refractivity contribution in [3.05, 3.63) is 35.4 Å². The van der Waals surface area contributed by atoms with Gasteiger partial charge in [0, 0.05) is 0 Å². The van der Waals surface area contributed by atoms with Gasteiger partial charge in [0.15, 0.2) is 16.6 Å². The van der Waals surface area contributed by atoms with Crippen molar-refractivity contribution in [2.45, 2.75) is 109 Å². The summed E-state index contributed by atoms with van der Waals surface area (Å²) < 4.78 is 25.1. The first-order valence-electron chi connectivity index (χ1n) is 12.4. The molecule has 0 unspecified atom stereocenters. The lowest BCUT2D eigenvalue weighted by atomic mass is 10.0. The molecule has 1 aliphatic rings. The number of carbonyl (C=O) groups is 1. The van der Waals surface area contributed by atoms with Crippen LogP contribution in [0.1, 0.15) is 64.4 Å². The number of carbonyl (C=O) groups excluding carboxylic acids is 1. The van der Waals surface area contributed by atoms with Crippen LogP contribution in [0.5, 0.6) is 5.75 Å². The fraction of sp³-hybridized carbons (Fsp3) is 0.667. The van der Waals surface area contributed by atoms with E-state index in [1.165, 1.54) is 13.2 Å². The maximum atomic E-state index is 12.3. The van der Waals surface area contributed by atoms with E-state index in [0.29, 0.717) is 5.56 Å². The van der Waals surface area contributed by atoms with Crippen molar-refractivity contribution >= 4 is 28.7 Å². The fourth-order valence-electron chi connectivity index (χ4n) is 3.56. The van der Waals surface area contributed by atoms with Crippen molar-refractivity contribution in [3.63, 3.8) is 0 Å².